The highest BCUT2D eigenvalue weighted by atomic mass is 35.5. The van der Waals surface area contributed by atoms with E-state index in [1.807, 2.05) is 0 Å². The summed E-state index contributed by atoms with van der Waals surface area (Å²) in [7, 11) is 0. The molecule has 9 heteroatoms. The summed E-state index contributed by atoms with van der Waals surface area (Å²) in [4.78, 5) is 20.0. The number of allylic oxidation sites excluding steroid dienone is 2. The number of rotatable bonds is 7. The number of nitrogens with two attached hydrogens (primary N) is 2. The van der Waals surface area contributed by atoms with Crippen LogP contribution in [0.15, 0.2) is 60.4 Å². The molecule has 0 spiro atoms. The first kappa shape index (κ1) is 22.4. The summed E-state index contributed by atoms with van der Waals surface area (Å²) in [6, 6.07) is 7.18. The largest absolute Gasteiger partial charge is 0.370 e. The third-order valence-electron chi connectivity index (χ3n) is 5.19. The van der Waals surface area contributed by atoms with Gasteiger partial charge in [-0.2, -0.15) is 0 Å². The number of carbonyl (C=O) groups excluding carboxylic acids is 1. The van der Waals surface area contributed by atoms with E-state index < -0.39 is 23.3 Å². The Kier molecular flexibility index (Phi) is 6.70. The minimum Gasteiger partial charge on any atom is -0.370 e. The number of primary amides is 1. The standard InChI is InChI=1S/C22H22ClF2N5O/c1-2-13(16-8-14(20(26)31)5-6-18(16)25)11-29-21(27)30-12-22(9-15(24)10-22)19-17(23)4-3-7-28-19/h2-8,11,15H,1,9-10,12H2,(H2,26,31)(H3,27,29,30)/b13-11+. The molecule has 0 saturated heterocycles. The molecular formula is C22H22ClF2N5O. The summed E-state index contributed by atoms with van der Waals surface area (Å²) < 4.78 is 27.9. The molecule has 0 radical (unpaired) electrons. The van der Waals surface area contributed by atoms with Crippen LogP contribution in [0.5, 0.6) is 0 Å². The van der Waals surface area contributed by atoms with Gasteiger partial charge in [-0.15, -0.1) is 0 Å². The van der Waals surface area contributed by atoms with Gasteiger partial charge in [0.1, 0.15) is 12.0 Å². The van der Waals surface area contributed by atoms with E-state index in [-0.39, 0.29) is 36.5 Å². The van der Waals surface area contributed by atoms with Gasteiger partial charge in [0.2, 0.25) is 5.91 Å². The van der Waals surface area contributed by atoms with Crippen LogP contribution in [0.2, 0.25) is 5.02 Å². The number of benzene rings is 1. The Morgan fingerprint density at radius 3 is 2.74 bits per heavy atom. The number of aliphatic imine (C=N–C) groups is 1. The number of carbonyl (C=O) groups is 1. The van der Waals surface area contributed by atoms with E-state index in [2.05, 4.69) is 21.9 Å². The second-order valence-corrected chi connectivity index (χ2v) is 7.74. The molecule has 2 aromatic rings. The highest BCUT2D eigenvalue weighted by molar-refractivity contribution is 6.31. The van der Waals surface area contributed by atoms with E-state index in [0.717, 1.165) is 6.07 Å². The Bertz CT molecular complexity index is 1060. The van der Waals surface area contributed by atoms with Crippen LogP contribution in [-0.2, 0) is 5.41 Å². The molecule has 3 rings (SSSR count). The van der Waals surface area contributed by atoms with Gasteiger partial charge in [0.05, 0.1) is 17.3 Å². The number of pyridine rings is 1. The molecule has 5 N–H and O–H groups in total. The van der Waals surface area contributed by atoms with Crippen molar-refractivity contribution in [1.29, 1.82) is 0 Å². The van der Waals surface area contributed by atoms with Gasteiger partial charge < -0.3 is 16.8 Å². The minimum atomic E-state index is -0.949. The second-order valence-electron chi connectivity index (χ2n) is 7.33. The second kappa shape index (κ2) is 9.26. The molecule has 1 saturated carbocycles. The minimum absolute atomic E-state index is 0.0413. The Balaban J connectivity index is 1.79. The molecule has 6 nitrogen and oxygen atoms in total. The highest BCUT2D eigenvalue weighted by Gasteiger charge is 2.48. The number of amides is 1. The van der Waals surface area contributed by atoms with Crippen LogP contribution < -0.4 is 16.8 Å². The summed E-state index contributed by atoms with van der Waals surface area (Å²) in [6.07, 6.45) is 3.97. The summed E-state index contributed by atoms with van der Waals surface area (Å²) in [5, 5.41) is 3.22. The first-order chi connectivity index (χ1) is 14.8. The zero-order valence-electron chi connectivity index (χ0n) is 16.6. The molecule has 1 aliphatic carbocycles. The van der Waals surface area contributed by atoms with Crippen molar-refractivity contribution in [2.24, 2.45) is 16.5 Å². The molecule has 0 unspecified atom stereocenters. The molecule has 31 heavy (non-hydrogen) atoms. The van der Waals surface area contributed by atoms with Crippen LogP contribution in [0.1, 0.15) is 34.5 Å². The first-order valence-electron chi connectivity index (χ1n) is 9.49. The van der Waals surface area contributed by atoms with Gasteiger partial charge in [0.15, 0.2) is 5.96 Å². The first-order valence-corrected chi connectivity index (χ1v) is 9.87. The van der Waals surface area contributed by atoms with Crippen LogP contribution >= 0.6 is 11.6 Å². The normalized spacial score (nSPS) is 21.3. The van der Waals surface area contributed by atoms with Crippen LogP contribution in [-0.4, -0.2) is 29.6 Å². The Morgan fingerprint density at radius 1 is 1.39 bits per heavy atom. The smallest absolute Gasteiger partial charge is 0.248 e. The SMILES string of the molecule is C=C/C(=C\NC(N)=NCC1(c2ncccc2Cl)CC(F)C1)c1cc(C(N)=O)ccc1F. The van der Waals surface area contributed by atoms with Crippen molar-refractivity contribution in [2.75, 3.05) is 6.54 Å². The maximum Gasteiger partial charge on any atom is 0.248 e. The fraction of sp³-hybridized carbons (Fsp3) is 0.227. The van der Waals surface area contributed by atoms with E-state index in [9.17, 15) is 13.6 Å². The third-order valence-corrected chi connectivity index (χ3v) is 5.50. The lowest BCUT2D eigenvalue weighted by Crippen LogP contribution is -2.46. The van der Waals surface area contributed by atoms with Gasteiger partial charge in [0.25, 0.3) is 0 Å². The highest BCUT2D eigenvalue weighted by Crippen LogP contribution is 2.47. The molecule has 162 valence electrons. The van der Waals surface area contributed by atoms with Gasteiger partial charge in [-0.05, 0) is 43.2 Å². The molecule has 0 atom stereocenters. The summed E-state index contributed by atoms with van der Waals surface area (Å²) >= 11 is 6.25. The van der Waals surface area contributed by atoms with Gasteiger partial charge in [-0.1, -0.05) is 24.3 Å². The maximum absolute atomic E-state index is 14.2. The molecule has 1 aromatic carbocycles. The van der Waals surface area contributed by atoms with Crippen LogP contribution in [0, 0.1) is 5.82 Å². The van der Waals surface area contributed by atoms with Crippen LogP contribution in [0.4, 0.5) is 8.78 Å². The average Bonchev–Trinajstić information content (AvgIpc) is 2.72. The van der Waals surface area contributed by atoms with E-state index in [1.54, 1.807) is 18.3 Å². The number of nitrogens with zero attached hydrogens (tertiary/aromatic N) is 2. The number of hydrogen-bond acceptors (Lipinski definition) is 3. The summed E-state index contributed by atoms with van der Waals surface area (Å²) in [6.45, 7) is 3.85. The maximum atomic E-state index is 14.2. The molecule has 1 aliphatic rings. The van der Waals surface area contributed by atoms with Crippen LogP contribution in [0.3, 0.4) is 0 Å². The number of hydrogen-bond donors (Lipinski definition) is 3. The third kappa shape index (κ3) is 4.91. The molecule has 0 bridgehead atoms. The Labute approximate surface area is 183 Å². The lowest BCUT2D eigenvalue weighted by atomic mass is 9.65. The number of guanidine groups is 1. The van der Waals surface area contributed by atoms with Crippen molar-refractivity contribution in [3.63, 3.8) is 0 Å². The van der Waals surface area contributed by atoms with Crippen molar-refractivity contribution in [2.45, 2.75) is 24.4 Å². The van der Waals surface area contributed by atoms with Gasteiger partial charge >= 0.3 is 0 Å². The summed E-state index contributed by atoms with van der Waals surface area (Å²) in [5.74, 6) is -1.19. The van der Waals surface area contributed by atoms with Gasteiger partial charge in [-0.25, -0.2) is 8.78 Å². The lowest BCUT2D eigenvalue weighted by Gasteiger charge is -2.43. The fourth-order valence-electron chi connectivity index (χ4n) is 3.54. The molecular weight excluding hydrogens is 424 g/mol. The van der Waals surface area contributed by atoms with Crippen molar-refractivity contribution in [1.82, 2.24) is 10.3 Å². The van der Waals surface area contributed by atoms with E-state index >= 15 is 0 Å². The monoisotopic (exact) mass is 445 g/mol. The van der Waals surface area contributed by atoms with Crippen molar-refractivity contribution >= 4 is 29.0 Å². The van der Waals surface area contributed by atoms with Crippen molar-refractivity contribution in [3.05, 3.63) is 83.0 Å². The quantitative estimate of drug-likeness (QED) is 0.344. The molecule has 1 heterocycles. The predicted octanol–water partition coefficient (Wildman–Crippen LogP) is 3.47. The molecule has 1 amide bonds. The fourth-order valence-corrected chi connectivity index (χ4v) is 3.86. The molecule has 1 fully saturated rings. The van der Waals surface area contributed by atoms with Crippen molar-refractivity contribution < 1.29 is 13.6 Å². The molecule has 1 aromatic heterocycles. The molecule has 0 aliphatic heterocycles. The van der Waals surface area contributed by atoms with Gasteiger partial charge in [0, 0.05) is 34.5 Å². The number of aromatic nitrogens is 1. The summed E-state index contributed by atoms with van der Waals surface area (Å²) in [5.41, 5.74) is 11.8. The zero-order chi connectivity index (χ0) is 22.6. The number of nitrogens with one attached hydrogen (secondary N) is 1. The Hall–Kier alpha value is -3.26. The van der Waals surface area contributed by atoms with E-state index in [1.165, 1.54) is 24.4 Å². The predicted molar refractivity (Wildman–Crippen MR) is 118 cm³/mol. The zero-order valence-corrected chi connectivity index (χ0v) is 17.4. The van der Waals surface area contributed by atoms with Crippen molar-refractivity contribution in [3.8, 4) is 0 Å². The van der Waals surface area contributed by atoms with Gasteiger partial charge in [-0.3, -0.25) is 14.8 Å². The van der Waals surface area contributed by atoms with E-state index in [4.69, 9.17) is 23.1 Å². The number of halogens is 3. The van der Waals surface area contributed by atoms with E-state index in [0.29, 0.717) is 16.3 Å². The lowest BCUT2D eigenvalue weighted by molar-refractivity contribution is 0.0968. The topological polar surface area (TPSA) is 106 Å². The Morgan fingerprint density at radius 2 is 2.13 bits per heavy atom. The van der Waals surface area contributed by atoms with Crippen LogP contribution in [0.25, 0.3) is 5.57 Å². The number of alkyl halides is 1. The average molecular weight is 446 g/mol.